The van der Waals surface area contributed by atoms with Crippen LogP contribution in [0.25, 0.3) is 11.0 Å². The fraction of sp³-hybridized carbons (Fsp3) is 0.533. The molecule has 28 heavy (non-hydrogen) atoms. The van der Waals surface area contributed by atoms with Crippen LogP contribution in [-0.2, 0) is 9.53 Å². The molecule has 0 saturated carbocycles. The number of halogens is 3. The van der Waals surface area contributed by atoms with E-state index in [4.69, 9.17) is 20.4 Å². The molecule has 0 unspecified atom stereocenters. The van der Waals surface area contributed by atoms with Crippen molar-refractivity contribution >= 4 is 22.8 Å². The number of aliphatic carboxylic acids is 1. The molecule has 3 rings (SSSR count). The van der Waals surface area contributed by atoms with E-state index < -0.39 is 36.7 Å². The highest BCUT2D eigenvalue weighted by molar-refractivity contribution is 5.90. The third-order valence-corrected chi connectivity index (χ3v) is 4.12. The lowest BCUT2D eigenvalue weighted by molar-refractivity contribution is -0.192. The molecule has 3 heterocycles. The van der Waals surface area contributed by atoms with Crippen molar-refractivity contribution in [3.8, 4) is 0 Å². The summed E-state index contributed by atoms with van der Waals surface area (Å²) in [6.07, 6.45) is -5.18. The van der Waals surface area contributed by atoms with Gasteiger partial charge in [-0.15, -0.1) is 0 Å². The molecule has 156 valence electrons. The topological polar surface area (TPSA) is 156 Å². The minimum atomic E-state index is -5.08. The molecule has 13 heteroatoms. The van der Waals surface area contributed by atoms with E-state index in [1.54, 1.807) is 11.6 Å². The van der Waals surface area contributed by atoms with Crippen molar-refractivity contribution in [1.29, 1.82) is 0 Å². The second-order valence-electron chi connectivity index (χ2n) is 5.98. The lowest BCUT2D eigenvalue weighted by Crippen LogP contribution is -2.35. The normalized spacial score (nSPS) is 24.7. The second-order valence-corrected chi connectivity index (χ2v) is 5.98. The fourth-order valence-electron chi connectivity index (χ4n) is 2.81. The monoisotopic (exact) mass is 407 g/mol. The number of fused-ring (bicyclic) bond motifs is 1. The summed E-state index contributed by atoms with van der Waals surface area (Å²) in [5.74, 6) is -2.05. The van der Waals surface area contributed by atoms with Crippen molar-refractivity contribution in [2.75, 3.05) is 18.9 Å². The maximum absolute atomic E-state index is 10.6. The highest BCUT2D eigenvalue weighted by atomic mass is 19.4. The standard InChI is InChI=1S/C13H19N5O3.C2HF3O2/c1-6-4-18(12-8(6)11(15-2)16-5-17-12)13-10(20)9(19)7(3-14)21-13;3-2(4,5)1(6)7/h4-5,7,9-10,13,19-20H,3,14H2,1-2H3,(H,15,16,17);(H,6,7)/t7-,9-,10-,13-;/m1./s1. The largest absolute Gasteiger partial charge is 0.490 e. The number of carboxylic acid groups (broad SMARTS) is 1. The number of anilines is 1. The third-order valence-electron chi connectivity index (χ3n) is 4.12. The molecule has 1 aliphatic rings. The first-order valence-corrected chi connectivity index (χ1v) is 8.04. The number of aliphatic hydroxyl groups excluding tert-OH is 2. The highest BCUT2D eigenvalue weighted by Crippen LogP contribution is 2.34. The molecule has 2 aromatic rings. The zero-order valence-electron chi connectivity index (χ0n) is 14.9. The molecule has 0 radical (unpaired) electrons. The van der Waals surface area contributed by atoms with Gasteiger partial charge in [-0.1, -0.05) is 0 Å². The van der Waals surface area contributed by atoms with Crippen molar-refractivity contribution in [3.63, 3.8) is 0 Å². The average molecular weight is 407 g/mol. The summed E-state index contributed by atoms with van der Waals surface area (Å²) in [7, 11) is 1.79. The number of aliphatic hydroxyl groups is 2. The summed E-state index contributed by atoms with van der Waals surface area (Å²) >= 11 is 0. The van der Waals surface area contributed by atoms with Gasteiger partial charge in [-0.25, -0.2) is 14.8 Å². The van der Waals surface area contributed by atoms with Crippen LogP contribution in [0.2, 0.25) is 0 Å². The Hall–Kier alpha value is -2.48. The Labute approximate surface area is 156 Å². The van der Waals surface area contributed by atoms with Crippen LogP contribution in [0.4, 0.5) is 19.0 Å². The predicted octanol–water partition coefficient (Wildman–Crippen LogP) is -0.00738. The molecule has 10 nitrogen and oxygen atoms in total. The van der Waals surface area contributed by atoms with Crippen molar-refractivity contribution in [3.05, 3.63) is 18.1 Å². The first kappa shape index (κ1) is 21.8. The quantitative estimate of drug-likeness (QED) is 0.472. The van der Waals surface area contributed by atoms with Gasteiger partial charge in [0.1, 0.15) is 36.1 Å². The van der Waals surface area contributed by atoms with Crippen molar-refractivity contribution < 1.29 is 38.0 Å². The number of aromatic nitrogens is 3. The van der Waals surface area contributed by atoms with Crippen LogP contribution >= 0.6 is 0 Å². The number of rotatable bonds is 3. The number of carboxylic acids is 1. The summed E-state index contributed by atoms with van der Waals surface area (Å²) in [6, 6.07) is 0. The Morgan fingerprint density at radius 1 is 1.36 bits per heavy atom. The first-order chi connectivity index (χ1) is 13.0. The van der Waals surface area contributed by atoms with E-state index in [2.05, 4.69) is 15.3 Å². The summed E-state index contributed by atoms with van der Waals surface area (Å²) in [4.78, 5) is 17.4. The van der Waals surface area contributed by atoms with Gasteiger partial charge in [0.15, 0.2) is 6.23 Å². The zero-order chi connectivity index (χ0) is 21.2. The van der Waals surface area contributed by atoms with Gasteiger partial charge in [0.2, 0.25) is 0 Å². The third kappa shape index (κ3) is 4.16. The predicted molar refractivity (Wildman–Crippen MR) is 90.5 cm³/mol. The molecule has 0 amide bonds. The molecule has 0 aliphatic carbocycles. The van der Waals surface area contributed by atoms with E-state index in [1.165, 1.54) is 6.33 Å². The Balaban J connectivity index is 0.000000345. The molecule has 0 spiro atoms. The Morgan fingerprint density at radius 2 is 1.96 bits per heavy atom. The Kier molecular flexibility index (Phi) is 6.44. The molecule has 1 aliphatic heterocycles. The molecule has 0 bridgehead atoms. The number of hydrogen-bond acceptors (Lipinski definition) is 8. The number of carbonyl (C=O) groups is 1. The van der Waals surface area contributed by atoms with Crippen LogP contribution in [-0.4, -0.2) is 73.9 Å². The summed E-state index contributed by atoms with van der Waals surface area (Å²) < 4.78 is 39.1. The summed E-state index contributed by atoms with van der Waals surface area (Å²) in [5, 5.41) is 31.2. The van der Waals surface area contributed by atoms with Gasteiger partial charge in [-0.05, 0) is 12.5 Å². The Morgan fingerprint density at radius 3 is 2.43 bits per heavy atom. The van der Waals surface area contributed by atoms with Gasteiger partial charge < -0.3 is 35.7 Å². The van der Waals surface area contributed by atoms with Crippen molar-refractivity contribution in [2.24, 2.45) is 5.73 Å². The minimum Gasteiger partial charge on any atom is -0.475 e. The van der Waals surface area contributed by atoms with E-state index in [-0.39, 0.29) is 6.54 Å². The number of aryl methyl sites for hydroxylation is 1. The molecule has 2 aromatic heterocycles. The van der Waals surface area contributed by atoms with E-state index in [9.17, 15) is 23.4 Å². The number of ether oxygens (including phenoxy) is 1. The van der Waals surface area contributed by atoms with E-state index in [1.807, 2.05) is 13.1 Å². The van der Waals surface area contributed by atoms with Gasteiger partial charge >= 0.3 is 12.1 Å². The van der Waals surface area contributed by atoms with Gasteiger partial charge in [0.05, 0.1) is 5.39 Å². The van der Waals surface area contributed by atoms with Crippen LogP contribution in [0.15, 0.2) is 12.5 Å². The lowest BCUT2D eigenvalue weighted by Gasteiger charge is -2.17. The van der Waals surface area contributed by atoms with Crippen LogP contribution in [0.1, 0.15) is 11.8 Å². The van der Waals surface area contributed by atoms with Gasteiger partial charge in [0, 0.05) is 19.8 Å². The minimum absolute atomic E-state index is 0.143. The molecule has 6 N–H and O–H groups in total. The van der Waals surface area contributed by atoms with Gasteiger partial charge in [-0.2, -0.15) is 13.2 Å². The first-order valence-electron chi connectivity index (χ1n) is 8.04. The highest BCUT2D eigenvalue weighted by Gasteiger charge is 2.43. The van der Waals surface area contributed by atoms with Crippen molar-refractivity contribution in [1.82, 2.24) is 14.5 Å². The maximum Gasteiger partial charge on any atom is 0.490 e. The summed E-state index contributed by atoms with van der Waals surface area (Å²) in [5.41, 5.74) is 7.14. The van der Waals surface area contributed by atoms with E-state index in [0.717, 1.165) is 10.9 Å². The van der Waals surface area contributed by atoms with Crippen LogP contribution in [0.5, 0.6) is 0 Å². The van der Waals surface area contributed by atoms with E-state index in [0.29, 0.717) is 11.5 Å². The molecule has 1 fully saturated rings. The van der Waals surface area contributed by atoms with E-state index >= 15 is 0 Å². The Bertz CT molecular complexity index is 843. The average Bonchev–Trinajstić information content (AvgIpc) is 3.12. The number of nitrogens with two attached hydrogens (primary N) is 1. The molecule has 1 saturated heterocycles. The second kappa shape index (κ2) is 8.26. The lowest BCUT2D eigenvalue weighted by atomic mass is 10.1. The molecular formula is C15H20F3N5O5. The number of hydrogen-bond donors (Lipinski definition) is 5. The zero-order valence-corrected chi connectivity index (χ0v) is 14.9. The number of nitrogens with one attached hydrogen (secondary N) is 1. The molecular weight excluding hydrogens is 387 g/mol. The van der Waals surface area contributed by atoms with Crippen LogP contribution in [0.3, 0.4) is 0 Å². The van der Waals surface area contributed by atoms with Gasteiger partial charge in [-0.3, -0.25) is 0 Å². The van der Waals surface area contributed by atoms with Crippen molar-refractivity contribution in [2.45, 2.75) is 37.6 Å². The van der Waals surface area contributed by atoms with Gasteiger partial charge in [0.25, 0.3) is 0 Å². The molecule has 0 aromatic carbocycles. The number of alkyl halides is 3. The smallest absolute Gasteiger partial charge is 0.475 e. The van der Waals surface area contributed by atoms with Crippen LogP contribution in [0, 0.1) is 6.92 Å². The SMILES string of the molecule is CNc1ncnc2c1c(C)cn2[C@@H]1O[C@H](CN)[C@@H](O)[C@H]1O.O=C(O)C(F)(F)F. The maximum atomic E-state index is 10.6. The van der Waals surface area contributed by atoms with Crippen LogP contribution < -0.4 is 11.1 Å². The fourth-order valence-corrected chi connectivity index (χ4v) is 2.81. The number of nitrogens with zero attached hydrogens (tertiary/aromatic N) is 3. The molecule has 4 atom stereocenters. The summed E-state index contributed by atoms with van der Waals surface area (Å²) in [6.45, 7) is 2.07.